The third kappa shape index (κ3) is 3.94. The van der Waals surface area contributed by atoms with Crippen molar-refractivity contribution in [3.8, 4) is 5.75 Å². The molecule has 1 saturated heterocycles. The molecule has 0 bridgehead atoms. The van der Waals surface area contributed by atoms with Gasteiger partial charge in [-0.25, -0.2) is 8.78 Å². The van der Waals surface area contributed by atoms with Crippen molar-refractivity contribution in [1.29, 1.82) is 0 Å². The van der Waals surface area contributed by atoms with Gasteiger partial charge in [0, 0.05) is 5.56 Å². The molecular weight excluding hydrogens is 361 g/mol. The van der Waals surface area contributed by atoms with Crippen LogP contribution in [0.4, 0.5) is 8.78 Å². The summed E-state index contributed by atoms with van der Waals surface area (Å²) in [5, 5.41) is 0. The van der Waals surface area contributed by atoms with Crippen molar-refractivity contribution in [3.05, 3.63) is 59.2 Å². The molecule has 1 aliphatic rings. The van der Waals surface area contributed by atoms with E-state index < -0.39 is 30.0 Å². The fraction of sp³-hybridized carbons (Fsp3) is 0.455. The maximum absolute atomic E-state index is 14.3. The summed E-state index contributed by atoms with van der Waals surface area (Å²) >= 11 is 0. The molecule has 0 aliphatic carbocycles. The minimum Gasteiger partial charge on any atom is -0.489 e. The fourth-order valence-corrected chi connectivity index (χ4v) is 3.02. The van der Waals surface area contributed by atoms with Gasteiger partial charge < -0.3 is 14.0 Å². The van der Waals surface area contributed by atoms with Crippen LogP contribution in [0.1, 0.15) is 58.6 Å². The molecule has 0 aromatic heterocycles. The smallest absolute Gasteiger partial charge is 0.489 e. The first-order chi connectivity index (χ1) is 13.0. The van der Waals surface area contributed by atoms with Gasteiger partial charge in [0.2, 0.25) is 0 Å². The number of benzene rings is 2. The summed E-state index contributed by atoms with van der Waals surface area (Å²) in [6.07, 6.45) is 0. The highest BCUT2D eigenvalue weighted by Gasteiger charge is 2.51. The van der Waals surface area contributed by atoms with Crippen molar-refractivity contribution in [2.24, 2.45) is 0 Å². The second-order valence-electron chi connectivity index (χ2n) is 8.54. The van der Waals surface area contributed by atoms with Crippen LogP contribution in [0, 0.1) is 11.6 Å². The second-order valence-corrected chi connectivity index (χ2v) is 8.54. The Morgan fingerprint density at radius 1 is 0.893 bits per heavy atom. The number of rotatable bonds is 5. The average molecular weight is 388 g/mol. The summed E-state index contributed by atoms with van der Waals surface area (Å²) in [6.45, 7) is 11.6. The van der Waals surface area contributed by atoms with Gasteiger partial charge in [0.1, 0.15) is 12.4 Å². The fourth-order valence-electron chi connectivity index (χ4n) is 3.02. The normalized spacial score (nSPS) is 18.0. The van der Waals surface area contributed by atoms with E-state index in [1.807, 2.05) is 53.7 Å². The number of halogens is 2. The van der Waals surface area contributed by atoms with Crippen LogP contribution in [0.2, 0.25) is 0 Å². The van der Waals surface area contributed by atoms with Crippen molar-refractivity contribution in [2.75, 3.05) is 0 Å². The maximum Gasteiger partial charge on any atom is 0.494 e. The summed E-state index contributed by atoms with van der Waals surface area (Å²) in [5.74, 6) is -1.16. The van der Waals surface area contributed by atoms with Gasteiger partial charge in [-0.15, -0.1) is 0 Å². The summed E-state index contributed by atoms with van der Waals surface area (Å²) in [6, 6.07) is 10.5. The SMILES string of the molecule is CC(C)c1ccc(COc2ccc(B3OC(C)(C)C(C)(C)O3)cc2)c(F)c1F. The van der Waals surface area contributed by atoms with Crippen LogP contribution < -0.4 is 10.2 Å². The lowest BCUT2D eigenvalue weighted by Gasteiger charge is -2.32. The molecule has 0 saturated carbocycles. The Hall–Kier alpha value is -1.92. The Morgan fingerprint density at radius 2 is 1.46 bits per heavy atom. The average Bonchev–Trinajstić information content (AvgIpc) is 2.84. The number of hydrogen-bond acceptors (Lipinski definition) is 3. The molecule has 1 heterocycles. The quantitative estimate of drug-likeness (QED) is 0.678. The van der Waals surface area contributed by atoms with Crippen LogP contribution in [0.3, 0.4) is 0 Å². The van der Waals surface area contributed by atoms with Gasteiger partial charge in [0.25, 0.3) is 0 Å². The summed E-state index contributed by atoms with van der Waals surface area (Å²) in [5.41, 5.74) is 0.627. The van der Waals surface area contributed by atoms with Crippen molar-refractivity contribution in [3.63, 3.8) is 0 Å². The van der Waals surface area contributed by atoms with E-state index in [-0.39, 0.29) is 18.1 Å². The van der Waals surface area contributed by atoms with Crippen molar-refractivity contribution in [1.82, 2.24) is 0 Å². The molecule has 1 fully saturated rings. The van der Waals surface area contributed by atoms with E-state index in [4.69, 9.17) is 14.0 Å². The molecule has 3 rings (SSSR count). The van der Waals surface area contributed by atoms with E-state index in [1.54, 1.807) is 24.3 Å². The van der Waals surface area contributed by atoms with Gasteiger partial charge in [0.15, 0.2) is 11.6 Å². The Morgan fingerprint density at radius 3 is 2.00 bits per heavy atom. The van der Waals surface area contributed by atoms with Crippen molar-refractivity contribution in [2.45, 2.75) is 65.3 Å². The van der Waals surface area contributed by atoms with E-state index in [9.17, 15) is 8.78 Å². The van der Waals surface area contributed by atoms with E-state index >= 15 is 0 Å². The zero-order valence-electron chi connectivity index (χ0n) is 17.3. The molecule has 3 nitrogen and oxygen atoms in total. The molecule has 0 N–H and O–H groups in total. The number of hydrogen-bond donors (Lipinski definition) is 0. The Kier molecular flexibility index (Phi) is 5.56. The third-order valence-corrected chi connectivity index (χ3v) is 5.61. The van der Waals surface area contributed by atoms with Gasteiger partial charge in [-0.3, -0.25) is 0 Å². The largest absolute Gasteiger partial charge is 0.494 e. The van der Waals surface area contributed by atoms with Crippen LogP contribution in [-0.2, 0) is 15.9 Å². The summed E-state index contributed by atoms with van der Waals surface area (Å²) in [7, 11) is -0.450. The van der Waals surface area contributed by atoms with E-state index in [0.717, 1.165) is 5.46 Å². The molecule has 0 atom stereocenters. The zero-order chi connectivity index (χ0) is 20.7. The Balaban J connectivity index is 1.67. The van der Waals surface area contributed by atoms with Crippen LogP contribution in [0.5, 0.6) is 5.75 Å². The third-order valence-electron chi connectivity index (χ3n) is 5.61. The number of ether oxygens (including phenoxy) is 1. The minimum absolute atomic E-state index is 0.0447. The molecule has 0 spiro atoms. The van der Waals surface area contributed by atoms with Gasteiger partial charge in [-0.2, -0.15) is 0 Å². The predicted molar refractivity (Wildman–Crippen MR) is 107 cm³/mol. The highest BCUT2D eigenvalue weighted by atomic mass is 19.2. The maximum atomic E-state index is 14.3. The lowest BCUT2D eigenvalue weighted by molar-refractivity contribution is 0.00578. The monoisotopic (exact) mass is 388 g/mol. The lowest BCUT2D eigenvalue weighted by Crippen LogP contribution is -2.41. The molecule has 28 heavy (non-hydrogen) atoms. The molecule has 0 amide bonds. The minimum atomic E-state index is -0.847. The lowest BCUT2D eigenvalue weighted by atomic mass is 9.79. The highest BCUT2D eigenvalue weighted by Crippen LogP contribution is 2.36. The topological polar surface area (TPSA) is 27.7 Å². The highest BCUT2D eigenvalue weighted by molar-refractivity contribution is 6.62. The van der Waals surface area contributed by atoms with Crippen LogP contribution in [0.15, 0.2) is 36.4 Å². The molecule has 0 radical (unpaired) electrons. The molecule has 0 unspecified atom stereocenters. The van der Waals surface area contributed by atoms with E-state index in [2.05, 4.69) is 0 Å². The first-order valence-corrected chi connectivity index (χ1v) is 9.57. The first-order valence-electron chi connectivity index (χ1n) is 9.57. The predicted octanol–water partition coefficient (Wildman–Crippen LogP) is 4.97. The summed E-state index contributed by atoms with van der Waals surface area (Å²) < 4.78 is 46.1. The van der Waals surface area contributed by atoms with Crippen LogP contribution in [-0.4, -0.2) is 18.3 Å². The van der Waals surface area contributed by atoms with E-state index in [0.29, 0.717) is 11.3 Å². The second kappa shape index (κ2) is 7.49. The van der Waals surface area contributed by atoms with Gasteiger partial charge in [-0.1, -0.05) is 38.1 Å². The molecule has 6 heteroatoms. The van der Waals surface area contributed by atoms with Crippen LogP contribution in [0.25, 0.3) is 0 Å². The van der Waals surface area contributed by atoms with Crippen LogP contribution >= 0.6 is 0 Å². The van der Waals surface area contributed by atoms with Gasteiger partial charge >= 0.3 is 7.12 Å². The molecule has 150 valence electrons. The van der Waals surface area contributed by atoms with Gasteiger partial charge in [0.05, 0.1) is 11.2 Å². The summed E-state index contributed by atoms with van der Waals surface area (Å²) in [4.78, 5) is 0. The van der Waals surface area contributed by atoms with Crippen molar-refractivity contribution >= 4 is 12.6 Å². The van der Waals surface area contributed by atoms with Crippen molar-refractivity contribution < 1.29 is 22.8 Å². The first kappa shape index (κ1) is 20.8. The molecule has 2 aromatic carbocycles. The molecular formula is C22H27BF2O3. The van der Waals surface area contributed by atoms with E-state index in [1.165, 1.54) is 0 Å². The standard InChI is InChI=1S/C22H27BF2O3/c1-14(2)18-12-7-15(19(24)20(18)25)13-26-17-10-8-16(9-11-17)23-27-21(3,4)22(5,6)28-23/h7-12,14H,13H2,1-6H3. The molecule has 2 aromatic rings. The Bertz CT molecular complexity index is 832. The molecule has 1 aliphatic heterocycles. The van der Waals surface area contributed by atoms with Gasteiger partial charge in [-0.05, 0) is 56.8 Å². The Labute approximate surface area is 166 Å². The zero-order valence-corrected chi connectivity index (χ0v) is 17.3.